The molecule has 0 bridgehead atoms. The molecule has 0 saturated heterocycles. The molecule has 0 aliphatic carbocycles. The lowest BCUT2D eigenvalue weighted by atomic mass is 9.93. The summed E-state index contributed by atoms with van der Waals surface area (Å²) >= 11 is 0. The molecule has 0 spiro atoms. The Hall–Kier alpha value is -1.56. The highest BCUT2D eigenvalue weighted by Gasteiger charge is 2.06. The maximum absolute atomic E-state index is 2.48. The van der Waals surface area contributed by atoms with Crippen molar-refractivity contribution in [3.05, 3.63) is 68.8 Å². The average molecular weight is 605 g/mol. The molecule has 252 valence electrons. The van der Waals surface area contributed by atoms with Gasteiger partial charge in [0.25, 0.3) is 0 Å². The van der Waals surface area contributed by atoms with Gasteiger partial charge >= 0.3 is 0 Å². The largest absolute Gasteiger partial charge is 0.0654 e. The van der Waals surface area contributed by atoms with Crippen molar-refractivity contribution in [3.8, 4) is 0 Å². The quantitative estimate of drug-likeness (QED) is 0.105. The lowest BCUT2D eigenvalue weighted by Crippen LogP contribution is -1.97. The second-order valence-corrected chi connectivity index (χ2v) is 14.1. The summed E-state index contributed by atoms with van der Waals surface area (Å²) in [4.78, 5) is 0. The Morgan fingerprint density at radius 1 is 0.273 bits per heavy atom. The predicted molar refractivity (Wildman–Crippen MR) is 202 cm³/mol. The standard InChI is InChI=1S/C24H42.C20H34/c1-5-7-9-11-13-15-17-23-19-22(4)24(20-21(23)3)18-16-14-12-10-8-6-2;1-5-7-9-11-13-19-15-18(4)20(16-17(19)3)14-12-10-8-6-2/h19-20H,5-18H2,1-4H3;15-16H,5-14H2,1-4H3. The maximum Gasteiger partial charge on any atom is -0.0276 e. The van der Waals surface area contributed by atoms with Crippen LogP contribution < -0.4 is 0 Å². The summed E-state index contributed by atoms with van der Waals surface area (Å²) in [6, 6.07) is 9.87. The van der Waals surface area contributed by atoms with E-state index in [4.69, 9.17) is 0 Å². The highest BCUT2D eigenvalue weighted by Crippen LogP contribution is 2.22. The first kappa shape index (κ1) is 40.5. The summed E-state index contributed by atoms with van der Waals surface area (Å²) in [7, 11) is 0. The third-order valence-corrected chi connectivity index (χ3v) is 9.79. The van der Waals surface area contributed by atoms with Crippen molar-refractivity contribution in [2.24, 2.45) is 0 Å². The van der Waals surface area contributed by atoms with Crippen LogP contribution in [-0.2, 0) is 25.7 Å². The Bertz CT molecular complexity index is 885. The van der Waals surface area contributed by atoms with Crippen LogP contribution in [0.1, 0.15) is 201 Å². The summed E-state index contributed by atoms with van der Waals surface area (Å²) < 4.78 is 0. The summed E-state index contributed by atoms with van der Waals surface area (Å²) in [5, 5.41) is 0. The van der Waals surface area contributed by atoms with Gasteiger partial charge in [-0.3, -0.25) is 0 Å². The molecule has 0 atom stereocenters. The summed E-state index contributed by atoms with van der Waals surface area (Å²) in [6.45, 7) is 18.4. The fourth-order valence-corrected chi connectivity index (χ4v) is 6.62. The molecule has 0 heterocycles. The van der Waals surface area contributed by atoms with Crippen LogP contribution in [0.25, 0.3) is 0 Å². The minimum Gasteiger partial charge on any atom is -0.0654 e. The van der Waals surface area contributed by atoms with Gasteiger partial charge in [-0.2, -0.15) is 0 Å². The molecular formula is C44H76. The lowest BCUT2D eigenvalue weighted by Gasteiger charge is -2.12. The maximum atomic E-state index is 2.48. The van der Waals surface area contributed by atoms with E-state index in [0.717, 1.165) is 0 Å². The van der Waals surface area contributed by atoms with Crippen molar-refractivity contribution in [1.82, 2.24) is 0 Å². The Morgan fingerprint density at radius 2 is 0.455 bits per heavy atom. The van der Waals surface area contributed by atoms with E-state index >= 15 is 0 Å². The first-order valence-electron chi connectivity index (χ1n) is 19.6. The fraction of sp³-hybridized carbons (Fsp3) is 0.727. The van der Waals surface area contributed by atoms with Crippen molar-refractivity contribution in [1.29, 1.82) is 0 Å². The van der Waals surface area contributed by atoms with Gasteiger partial charge in [-0.1, -0.05) is 155 Å². The van der Waals surface area contributed by atoms with Crippen molar-refractivity contribution >= 4 is 0 Å². The first-order valence-corrected chi connectivity index (χ1v) is 19.6. The van der Waals surface area contributed by atoms with Gasteiger partial charge in [-0.05, 0) is 124 Å². The molecule has 0 aromatic heterocycles. The number of hydrogen-bond donors (Lipinski definition) is 0. The summed E-state index contributed by atoms with van der Waals surface area (Å²) in [5.41, 5.74) is 12.4. The minimum absolute atomic E-state index is 1.27. The summed E-state index contributed by atoms with van der Waals surface area (Å²) in [6.07, 6.45) is 32.7. The van der Waals surface area contributed by atoms with Gasteiger partial charge < -0.3 is 0 Å². The molecule has 0 N–H and O–H groups in total. The minimum atomic E-state index is 1.27. The van der Waals surface area contributed by atoms with Crippen LogP contribution in [-0.4, -0.2) is 0 Å². The highest BCUT2D eigenvalue weighted by molar-refractivity contribution is 5.38. The van der Waals surface area contributed by atoms with Crippen LogP contribution in [0.2, 0.25) is 0 Å². The van der Waals surface area contributed by atoms with Crippen LogP contribution in [0.3, 0.4) is 0 Å². The molecule has 44 heavy (non-hydrogen) atoms. The van der Waals surface area contributed by atoms with Crippen molar-refractivity contribution in [2.45, 2.75) is 209 Å². The highest BCUT2D eigenvalue weighted by atomic mass is 14.1. The molecule has 0 heteroatoms. The molecule has 0 amide bonds. The second-order valence-electron chi connectivity index (χ2n) is 14.1. The number of benzene rings is 2. The van der Waals surface area contributed by atoms with Crippen LogP contribution >= 0.6 is 0 Å². The van der Waals surface area contributed by atoms with E-state index in [2.05, 4.69) is 79.7 Å². The number of hydrogen-bond acceptors (Lipinski definition) is 0. The van der Waals surface area contributed by atoms with Gasteiger partial charge in [0.05, 0.1) is 0 Å². The van der Waals surface area contributed by atoms with Gasteiger partial charge in [0, 0.05) is 0 Å². The molecule has 0 aliphatic rings. The van der Waals surface area contributed by atoms with Gasteiger partial charge in [-0.25, -0.2) is 0 Å². The molecule has 2 rings (SSSR count). The smallest absolute Gasteiger partial charge is 0.0276 e. The zero-order chi connectivity index (χ0) is 32.4. The Balaban J connectivity index is 0.000000447. The summed E-state index contributed by atoms with van der Waals surface area (Å²) in [5.74, 6) is 0. The molecular weight excluding hydrogens is 528 g/mol. The number of aryl methyl sites for hydroxylation is 8. The first-order chi connectivity index (χ1) is 21.4. The molecule has 0 unspecified atom stereocenters. The van der Waals surface area contributed by atoms with E-state index in [9.17, 15) is 0 Å². The Labute approximate surface area is 277 Å². The van der Waals surface area contributed by atoms with Crippen molar-refractivity contribution < 1.29 is 0 Å². The van der Waals surface area contributed by atoms with E-state index in [1.165, 1.54) is 176 Å². The Kier molecular flexibility index (Phi) is 24.5. The second kappa shape index (κ2) is 26.6. The van der Waals surface area contributed by atoms with Crippen LogP contribution in [0.5, 0.6) is 0 Å². The zero-order valence-electron chi connectivity index (χ0n) is 31.3. The average Bonchev–Trinajstić information content (AvgIpc) is 3.01. The topological polar surface area (TPSA) is 0 Å². The molecule has 0 fully saturated rings. The van der Waals surface area contributed by atoms with E-state index < -0.39 is 0 Å². The molecule has 2 aromatic rings. The van der Waals surface area contributed by atoms with Crippen LogP contribution in [0, 0.1) is 27.7 Å². The van der Waals surface area contributed by atoms with Crippen molar-refractivity contribution in [3.63, 3.8) is 0 Å². The van der Waals surface area contributed by atoms with E-state index in [1.807, 2.05) is 0 Å². The van der Waals surface area contributed by atoms with E-state index in [0.29, 0.717) is 0 Å². The Morgan fingerprint density at radius 3 is 0.682 bits per heavy atom. The van der Waals surface area contributed by atoms with Crippen LogP contribution in [0.15, 0.2) is 24.3 Å². The van der Waals surface area contributed by atoms with Gasteiger partial charge in [0.15, 0.2) is 0 Å². The third-order valence-electron chi connectivity index (χ3n) is 9.79. The zero-order valence-corrected chi connectivity index (χ0v) is 31.3. The number of unbranched alkanes of at least 4 members (excludes halogenated alkanes) is 16. The molecule has 0 saturated carbocycles. The van der Waals surface area contributed by atoms with Gasteiger partial charge in [-0.15, -0.1) is 0 Å². The van der Waals surface area contributed by atoms with E-state index in [1.54, 1.807) is 22.3 Å². The molecule has 2 aromatic carbocycles. The predicted octanol–water partition coefficient (Wildman–Crippen LogP) is 14.7. The SMILES string of the molecule is CCCCCCCCc1cc(C)c(CCCCCCCC)cc1C.CCCCCCc1cc(C)c(CCCCCC)cc1C. The third kappa shape index (κ3) is 18.4. The van der Waals surface area contributed by atoms with Crippen molar-refractivity contribution in [2.75, 3.05) is 0 Å². The molecule has 0 radical (unpaired) electrons. The fourth-order valence-electron chi connectivity index (χ4n) is 6.62. The normalized spacial score (nSPS) is 11.1. The molecule has 0 nitrogen and oxygen atoms in total. The van der Waals surface area contributed by atoms with Crippen LogP contribution in [0.4, 0.5) is 0 Å². The lowest BCUT2D eigenvalue weighted by molar-refractivity contribution is 0.605. The van der Waals surface area contributed by atoms with Gasteiger partial charge in [0.2, 0.25) is 0 Å². The molecule has 0 aliphatic heterocycles. The van der Waals surface area contributed by atoms with Gasteiger partial charge in [0.1, 0.15) is 0 Å². The monoisotopic (exact) mass is 605 g/mol. The number of rotatable bonds is 24. The van der Waals surface area contributed by atoms with E-state index in [-0.39, 0.29) is 0 Å².